The van der Waals surface area contributed by atoms with Gasteiger partial charge in [0.15, 0.2) is 30.9 Å². The van der Waals surface area contributed by atoms with Crippen LogP contribution in [0.4, 0.5) is 0 Å². The molecule has 0 aromatic heterocycles. The lowest BCUT2D eigenvalue weighted by molar-refractivity contribution is -0.389. The molecule has 4 fully saturated rings. The summed E-state index contributed by atoms with van der Waals surface area (Å²) in [5.41, 5.74) is -0.735. The van der Waals surface area contributed by atoms with Crippen LogP contribution in [-0.4, -0.2) is 179 Å². The molecule has 7 rings (SSSR count). The van der Waals surface area contributed by atoms with Crippen molar-refractivity contribution < 1.29 is 119 Å². The first kappa shape index (κ1) is 99.5. The molecule has 3 aromatic rings. The second kappa shape index (κ2) is 53.4. The first-order valence-corrected chi connectivity index (χ1v) is 44.7. The highest BCUT2D eigenvalue weighted by molar-refractivity contribution is 5.90. The van der Waals surface area contributed by atoms with Gasteiger partial charge in [-0.1, -0.05) is 251 Å². The van der Waals surface area contributed by atoms with Crippen molar-refractivity contribution >= 4 is 53.7 Å². The van der Waals surface area contributed by atoms with Gasteiger partial charge in [0.05, 0.1) is 63.5 Å². The van der Waals surface area contributed by atoms with Crippen LogP contribution in [0, 0.1) is 23.7 Å². The van der Waals surface area contributed by atoms with E-state index in [9.17, 15) is 33.6 Å². The second-order valence-corrected chi connectivity index (χ2v) is 33.4. The molecule has 4 saturated heterocycles. The van der Waals surface area contributed by atoms with E-state index >= 15 is 9.59 Å². The Labute approximate surface area is 712 Å². The summed E-state index contributed by atoms with van der Waals surface area (Å²) in [7, 11) is 2.68. The van der Waals surface area contributed by atoms with E-state index in [0.717, 1.165) is 64.9 Å². The topological polar surface area (TPSA) is 313 Å². The standard InChI is InChI=1S/C94H141NO25/c1-13-15-17-19-21-23-25-27-28-29-31-33-35-37-45-51-80(99)95-75-60-111-90-85(109-59-71-52-54-74(105-11)55-53-71)66(5)83(78(116-90)62-108-81(100)56-57-82(101)114-76(86(75)113-70(9)98)50-44-36-34-32-30-26-24-22-20-18-16-14-2)118-91-87(117-89(103)73-48-42-39-43-49-73)84(65(4)77(115-91)61-110-88(102)72-46-40-38-41-47-72)119-94(92(104)106-12)58-64(3)67(6)93(10,120-94)79(112-69(8)97)63-107-68(7)96/h38-43,46-49,52-55,64-67,75-79,83-87,90-91H,13-37,44-45,50-51,56-63H2,1-12H3,(H,95,99)/t64?,65?,66?,67-,75-,76+,77?,78?,79+,83?,84?,85?,86-,87?,90?,91?,93?,94+/m0/s1. The summed E-state index contributed by atoms with van der Waals surface area (Å²) in [4.78, 5) is 127. The fourth-order valence-electron chi connectivity index (χ4n) is 16.6. The maximum atomic E-state index is 15.1. The molecule has 26 nitrogen and oxygen atoms in total. The maximum Gasteiger partial charge on any atom is 0.366 e. The van der Waals surface area contributed by atoms with Crippen molar-refractivity contribution in [3.05, 3.63) is 102 Å². The fourth-order valence-corrected chi connectivity index (χ4v) is 16.6. The molecule has 2 bridgehead atoms. The number of esters is 8. The molecule has 0 spiro atoms. The monoisotopic (exact) mass is 1680 g/mol. The van der Waals surface area contributed by atoms with Gasteiger partial charge in [0.25, 0.3) is 5.79 Å². The van der Waals surface area contributed by atoms with Gasteiger partial charge < -0.3 is 81.1 Å². The van der Waals surface area contributed by atoms with Crippen LogP contribution in [0.1, 0.15) is 301 Å². The second-order valence-electron chi connectivity index (χ2n) is 33.4. The molecule has 1 N–H and O–H groups in total. The summed E-state index contributed by atoms with van der Waals surface area (Å²) in [6.07, 6.45) is 13.7. The number of fused-ring (bicyclic) bond motifs is 2. The number of amides is 1. The molecule has 1 amide bonds. The van der Waals surface area contributed by atoms with E-state index in [-0.39, 0.29) is 42.9 Å². The fraction of sp³-hybridized carbons (Fsp3) is 0.713. The number of hydrogen-bond acceptors (Lipinski definition) is 25. The number of methoxy groups -OCH3 is 2. The number of cyclic esters (lactones) is 2. The average molecular weight is 1690 g/mol. The minimum Gasteiger partial charge on any atom is -0.497 e. The van der Waals surface area contributed by atoms with Crippen molar-refractivity contribution in [2.24, 2.45) is 23.7 Å². The molecule has 4 heterocycles. The molecule has 12 unspecified atom stereocenters. The summed E-state index contributed by atoms with van der Waals surface area (Å²) >= 11 is 0. The van der Waals surface area contributed by atoms with Crippen LogP contribution in [0.15, 0.2) is 84.9 Å². The molecule has 0 saturated carbocycles. The highest BCUT2D eigenvalue weighted by atomic mass is 16.8. The Morgan fingerprint density at radius 1 is 0.550 bits per heavy atom. The van der Waals surface area contributed by atoms with Gasteiger partial charge >= 0.3 is 47.8 Å². The first-order chi connectivity index (χ1) is 57.8. The third kappa shape index (κ3) is 32.6. The Bertz CT molecular complexity index is 3530. The average Bonchev–Trinajstić information content (AvgIpc) is 0.733. The van der Waals surface area contributed by atoms with Crippen molar-refractivity contribution in [1.82, 2.24) is 5.32 Å². The van der Waals surface area contributed by atoms with E-state index < -0.39 is 196 Å². The van der Waals surface area contributed by atoms with Gasteiger partial charge in [0, 0.05) is 45.4 Å². The third-order valence-corrected chi connectivity index (χ3v) is 23.9. The van der Waals surface area contributed by atoms with E-state index in [1.807, 2.05) is 26.0 Å². The van der Waals surface area contributed by atoms with Crippen molar-refractivity contribution in [3.8, 4) is 5.75 Å². The number of rotatable bonds is 49. The van der Waals surface area contributed by atoms with Gasteiger partial charge in [-0.3, -0.25) is 28.8 Å². The smallest absolute Gasteiger partial charge is 0.366 e. The minimum atomic E-state index is -2.48. The molecule has 3 aromatic carbocycles. The molecule has 0 radical (unpaired) electrons. The Hall–Kier alpha value is -7.59. The zero-order valence-corrected chi connectivity index (χ0v) is 73.7. The Kier molecular flexibility index (Phi) is 44.3. The van der Waals surface area contributed by atoms with Gasteiger partial charge in [-0.2, -0.15) is 0 Å². The summed E-state index contributed by atoms with van der Waals surface area (Å²) in [5, 5.41) is 3.17. The van der Waals surface area contributed by atoms with Crippen molar-refractivity contribution in [2.45, 2.75) is 366 Å². The van der Waals surface area contributed by atoms with Crippen LogP contribution in [-0.2, 0) is 111 Å². The molecule has 18 atom stereocenters. The minimum absolute atomic E-state index is 0.0768. The zero-order valence-electron chi connectivity index (χ0n) is 73.7. The van der Waals surface area contributed by atoms with Gasteiger partial charge in [-0.05, 0) is 80.0 Å². The Balaban J connectivity index is 1.29. The molecule has 672 valence electrons. The zero-order chi connectivity index (χ0) is 86.8. The predicted octanol–water partition coefficient (Wildman–Crippen LogP) is 17.0. The largest absolute Gasteiger partial charge is 0.497 e. The van der Waals surface area contributed by atoms with E-state index in [0.29, 0.717) is 24.2 Å². The summed E-state index contributed by atoms with van der Waals surface area (Å²) in [5.74, 6) is -11.8. The SMILES string of the molecule is CCCCCCCCCCCCCCCCCC(=O)N[C@H]1COC2OC(COC(=O)CCC(=O)O[C@H](CCCCCCCCCCCCCC)[C@H]1OC(C)=O)C(OC1OC(COC(=O)c3ccccc3)C(C)C(O[C@]3(C(=O)OC)CC(C)[C@H](C)C(C)([C@@H](COC(C)=O)OC(C)=O)O3)C1OC(=O)c1ccccc1)C(C)C2OCc1ccc(OC)cc1. The van der Waals surface area contributed by atoms with Gasteiger partial charge in [0.2, 0.25) is 5.91 Å². The lowest BCUT2D eigenvalue weighted by Crippen LogP contribution is -2.68. The highest BCUT2D eigenvalue weighted by Crippen LogP contribution is 2.50. The molecule has 4 aliphatic heterocycles. The summed E-state index contributed by atoms with van der Waals surface area (Å²) in [6.45, 7) is 14.7. The molecule has 26 heteroatoms. The van der Waals surface area contributed by atoms with Crippen molar-refractivity contribution in [1.29, 1.82) is 0 Å². The number of nitrogens with one attached hydrogen (secondary N) is 1. The van der Waals surface area contributed by atoms with Crippen LogP contribution in [0.3, 0.4) is 0 Å². The van der Waals surface area contributed by atoms with Gasteiger partial charge in [0.1, 0.15) is 61.7 Å². The van der Waals surface area contributed by atoms with E-state index in [2.05, 4.69) is 19.2 Å². The highest BCUT2D eigenvalue weighted by Gasteiger charge is 2.63. The number of hydrogen-bond donors (Lipinski definition) is 1. The van der Waals surface area contributed by atoms with E-state index in [1.165, 1.54) is 136 Å². The van der Waals surface area contributed by atoms with Crippen LogP contribution in [0.5, 0.6) is 5.75 Å². The molecule has 0 aliphatic carbocycles. The van der Waals surface area contributed by atoms with Crippen molar-refractivity contribution in [2.75, 3.05) is 40.6 Å². The quantitative estimate of drug-likeness (QED) is 0.0312. The summed E-state index contributed by atoms with van der Waals surface area (Å²) in [6, 6.07) is 22.3. The number of unbranched alkanes of at least 4 members (excludes halogenated alkanes) is 25. The van der Waals surface area contributed by atoms with Crippen LogP contribution in [0.25, 0.3) is 0 Å². The van der Waals surface area contributed by atoms with E-state index in [4.69, 9.17) is 75.8 Å². The van der Waals surface area contributed by atoms with Crippen LogP contribution in [0.2, 0.25) is 0 Å². The summed E-state index contributed by atoms with van der Waals surface area (Å²) < 4.78 is 104. The Morgan fingerprint density at radius 3 is 1.64 bits per heavy atom. The first-order valence-electron chi connectivity index (χ1n) is 44.7. The lowest BCUT2D eigenvalue weighted by atomic mass is 9.72. The van der Waals surface area contributed by atoms with Crippen LogP contribution < -0.4 is 10.1 Å². The lowest BCUT2D eigenvalue weighted by Gasteiger charge is -2.55. The molecular weight excluding hydrogens is 1540 g/mol. The van der Waals surface area contributed by atoms with Gasteiger partial charge in [-0.15, -0.1) is 0 Å². The number of ether oxygens (including phenoxy) is 16. The number of carbonyl (C=O) groups is 9. The van der Waals surface area contributed by atoms with Gasteiger partial charge in [-0.25, -0.2) is 14.4 Å². The molecule has 4 aliphatic rings. The Morgan fingerprint density at radius 2 is 1.10 bits per heavy atom. The number of benzene rings is 3. The number of carbonyl (C=O) groups excluding carboxylic acids is 9. The molecular formula is C94H141NO25. The third-order valence-electron chi connectivity index (χ3n) is 23.9. The normalized spacial score (nSPS) is 26.9. The molecule has 120 heavy (non-hydrogen) atoms. The predicted molar refractivity (Wildman–Crippen MR) is 447 cm³/mol. The van der Waals surface area contributed by atoms with Crippen LogP contribution >= 0.6 is 0 Å². The maximum absolute atomic E-state index is 15.1. The van der Waals surface area contributed by atoms with E-state index in [1.54, 1.807) is 88.5 Å². The van der Waals surface area contributed by atoms with Crippen molar-refractivity contribution in [3.63, 3.8) is 0 Å².